The van der Waals surface area contributed by atoms with Gasteiger partial charge in [-0.2, -0.15) is 0 Å². The first-order valence-corrected chi connectivity index (χ1v) is 7.95. The van der Waals surface area contributed by atoms with E-state index in [1.165, 1.54) is 0 Å². The summed E-state index contributed by atoms with van der Waals surface area (Å²) in [5.41, 5.74) is 1.81. The average Bonchev–Trinajstić information content (AvgIpc) is 3.01. The van der Waals surface area contributed by atoms with E-state index < -0.39 is 0 Å². The second-order valence-corrected chi connectivity index (χ2v) is 5.71. The SMILES string of the molecule is COC.Cc1cc(OC(C)C)cc(C(=O)N2CCCC2)c1.O=CO. The molecular weight excluding hydrogens is 310 g/mol. The quantitative estimate of drug-likeness (QED) is 0.857. The van der Waals surface area contributed by atoms with E-state index >= 15 is 0 Å². The van der Waals surface area contributed by atoms with Crippen LogP contribution in [-0.2, 0) is 9.53 Å². The predicted molar refractivity (Wildman–Crippen MR) is 93.7 cm³/mol. The Bertz CT molecular complexity index is 496. The van der Waals surface area contributed by atoms with Crippen LogP contribution in [0.15, 0.2) is 18.2 Å². The number of aryl methyl sites for hydroxylation is 1. The third kappa shape index (κ3) is 8.53. The molecule has 0 aliphatic carbocycles. The van der Waals surface area contributed by atoms with Crippen molar-refractivity contribution in [3.05, 3.63) is 29.3 Å². The van der Waals surface area contributed by atoms with E-state index in [2.05, 4.69) is 4.74 Å². The molecule has 136 valence electrons. The fourth-order valence-electron chi connectivity index (χ4n) is 2.31. The van der Waals surface area contributed by atoms with Crippen molar-refractivity contribution in [2.24, 2.45) is 0 Å². The molecule has 1 amide bonds. The molecule has 0 bridgehead atoms. The Balaban J connectivity index is 0.000000772. The summed E-state index contributed by atoms with van der Waals surface area (Å²) in [5, 5.41) is 6.89. The zero-order valence-corrected chi connectivity index (χ0v) is 15.2. The zero-order chi connectivity index (χ0) is 18.5. The Hall–Kier alpha value is -2.08. The first-order chi connectivity index (χ1) is 11.4. The van der Waals surface area contributed by atoms with Gasteiger partial charge in [-0.15, -0.1) is 0 Å². The van der Waals surface area contributed by atoms with E-state index in [0.717, 1.165) is 42.8 Å². The Morgan fingerprint density at radius 3 is 2.17 bits per heavy atom. The molecule has 1 aliphatic heterocycles. The van der Waals surface area contributed by atoms with Crippen LogP contribution in [0, 0.1) is 6.92 Å². The fourth-order valence-corrected chi connectivity index (χ4v) is 2.31. The Labute approximate surface area is 144 Å². The highest BCUT2D eigenvalue weighted by atomic mass is 16.5. The van der Waals surface area contributed by atoms with Crippen molar-refractivity contribution < 1.29 is 24.2 Å². The molecule has 24 heavy (non-hydrogen) atoms. The van der Waals surface area contributed by atoms with Gasteiger partial charge in [0.25, 0.3) is 12.4 Å². The molecule has 6 heteroatoms. The minimum atomic E-state index is -0.250. The first-order valence-electron chi connectivity index (χ1n) is 7.95. The van der Waals surface area contributed by atoms with Gasteiger partial charge in [-0.3, -0.25) is 9.59 Å². The van der Waals surface area contributed by atoms with Crippen molar-refractivity contribution >= 4 is 12.4 Å². The molecule has 0 saturated carbocycles. The second-order valence-electron chi connectivity index (χ2n) is 5.71. The van der Waals surface area contributed by atoms with Gasteiger partial charge >= 0.3 is 0 Å². The van der Waals surface area contributed by atoms with Crippen molar-refractivity contribution in [2.75, 3.05) is 27.3 Å². The summed E-state index contributed by atoms with van der Waals surface area (Å²) < 4.78 is 9.93. The Kier molecular flexibility index (Phi) is 11.3. The molecule has 0 unspecified atom stereocenters. The fraction of sp³-hybridized carbons (Fsp3) is 0.556. The smallest absolute Gasteiger partial charge is 0.290 e. The van der Waals surface area contributed by atoms with Crippen molar-refractivity contribution in [1.82, 2.24) is 4.90 Å². The lowest BCUT2D eigenvalue weighted by Crippen LogP contribution is -2.27. The maximum absolute atomic E-state index is 12.3. The topological polar surface area (TPSA) is 76.1 Å². The largest absolute Gasteiger partial charge is 0.491 e. The number of ether oxygens (including phenoxy) is 2. The highest BCUT2D eigenvalue weighted by molar-refractivity contribution is 5.95. The van der Waals surface area contributed by atoms with Crippen LogP contribution >= 0.6 is 0 Å². The Morgan fingerprint density at radius 1 is 1.21 bits per heavy atom. The van der Waals surface area contributed by atoms with Gasteiger partial charge in [0.2, 0.25) is 0 Å². The van der Waals surface area contributed by atoms with Gasteiger partial charge in [-0.1, -0.05) is 0 Å². The normalized spacial score (nSPS) is 12.7. The lowest BCUT2D eigenvalue weighted by Gasteiger charge is -2.17. The molecule has 1 heterocycles. The molecule has 1 saturated heterocycles. The number of benzene rings is 1. The monoisotopic (exact) mass is 339 g/mol. The summed E-state index contributed by atoms with van der Waals surface area (Å²) in [5.74, 6) is 0.914. The standard InChI is InChI=1S/C15H21NO2.C2H6O.CH2O2/c1-11(2)18-14-9-12(3)8-13(10-14)15(17)16-6-4-5-7-16;1-3-2;2-1-3/h8-11H,4-7H2,1-3H3;1-2H3;1H,(H,2,3). The van der Waals surface area contributed by atoms with Crippen LogP contribution in [0.2, 0.25) is 0 Å². The second kappa shape index (κ2) is 12.4. The maximum Gasteiger partial charge on any atom is 0.290 e. The van der Waals surface area contributed by atoms with Gasteiger partial charge in [0.15, 0.2) is 0 Å². The molecular formula is C18H29NO5. The van der Waals surface area contributed by atoms with Crippen molar-refractivity contribution in [1.29, 1.82) is 0 Å². The van der Waals surface area contributed by atoms with Crippen molar-refractivity contribution in [3.63, 3.8) is 0 Å². The minimum Gasteiger partial charge on any atom is -0.491 e. The van der Waals surface area contributed by atoms with Crippen LogP contribution < -0.4 is 4.74 Å². The summed E-state index contributed by atoms with van der Waals surface area (Å²) in [7, 11) is 3.25. The van der Waals surface area contributed by atoms with Crippen molar-refractivity contribution in [3.8, 4) is 5.75 Å². The molecule has 1 aromatic carbocycles. The zero-order valence-electron chi connectivity index (χ0n) is 15.2. The summed E-state index contributed by atoms with van der Waals surface area (Å²) >= 11 is 0. The van der Waals surface area contributed by atoms with Crippen LogP contribution in [0.3, 0.4) is 0 Å². The first kappa shape index (κ1) is 21.9. The lowest BCUT2D eigenvalue weighted by atomic mass is 10.1. The minimum absolute atomic E-state index is 0.126. The van der Waals surface area contributed by atoms with Crippen LogP contribution in [0.5, 0.6) is 5.75 Å². The number of carbonyl (C=O) groups excluding carboxylic acids is 1. The van der Waals surface area contributed by atoms with E-state index in [4.69, 9.17) is 14.6 Å². The maximum atomic E-state index is 12.3. The number of hydrogen-bond acceptors (Lipinski definition) is 4. The summed E-state index contributed by atoms with van der Waals surface area (Å²) in [6.07, 6.45) is 2.36. The third-order valence-corrected chi connectivity index (χ3v) is 3.06. The number of nitrogens with zero attached hydrogens (tertiary/aromatic N) is 1. The number of carbonyl (C=O) groups is 2. The summed E-state index contributed by atoms with van der Waals surface area (Å²) in [6.45, 7) is 7.49. The number of hydrogen-bond donors (Lipinski definition) is 1. The third-order valence-electron chi connectivity index (χ3n) is 3.06. The molecule has 1 aromatic rings. The summed E-state index contributed by atoms with van der Waals surface area (Å²) in [6, 6.07) is 5.77. The van der Waals surface area contributed by atoms with E-state index in [1.807, 2.05) is 43.9 Å². The lowest BCUT2D eigenvalue weighted by molar-refractivity contribution is -0.122. The number of rotatable bonds is 3. The molecule has 2 rings (SSSR count). The molecule has 1 N–H and O–H groups in total. The van der Waals surface area contributed by atoms with Crippen LogP contribution in [-0.4, -0.2) is 55.8 Å². The predicted octanol–water partition coefficient (Wildman–Crippen LogP) is 2.98. The molecule has 0 radical (unpaired) electrons. The Morgan fingerprint density at radius 2 is 1.71 bits per heavy atom. The number of methoxy groups -OCH3 is 1. The molecule has 1 fully saturated rings. The molecule has 0 aromatic heterocycles. The van der Waals surface area contributed by atoms with Gasteiger partial charge in [-0.05, 0) is 57.4 Å². The number of carboxylic acid groups (broad SMARTS) is 1. The highest BCUT2D eigenvalue weighted by Gasteiger charge is 2.20. The van der Waals surface area contributed by atoms with Gasteiger partial charge in [0, 0.05) is 32.9 Å². The van der Waals surface area contributed by atoms with Crippen LogP contribution in [0.4, 0.5) is 0 Å². The molecule has 0 spiro atoms. The van der Waals surface area contributed by atoms with Gasteiger partial charge in [0.1, 0.15) is 5.75 Å². The number of likely N-dealkylation sites (tertiary alicyclic amines) is 1. The average molecular weight is 339 g/mol. The van der Waals surface area contributed by atoms with E-state index in [0.29, 0.717) is 0 Å². The van der Waals surface area contributed by atoms with Crippen LogP contribution in [0.25, 0.3) is 0 Å². The van der Waals surface area contributed by atoms with E-state index in [1.54, 1.807) is 14.2 Å². The summed E-state index contributed by atoms with van der Waals surface area (Å²) in [4.78, 5) is 22.6. The molecule has 6 nitrogen and oxygen atoms in total. The van der Waals surface area contributed by atoms with Gasteiger partial charge < -0.3 is 19.5 Å². The van der Waals surface area contributed by atoms with Gasteiger partial charge in [0.05, 0.1) is 6.10 Å². The van der Waals surface area contributed by atoms with Gasteiger partial charge in [-0.25, -0.2) is 0 Å². The van der Waals surface area contributed by atoms with E-state index in [9.17, 15) is 4.79 Å². The van der Waals surface area contributed by atoms with Crippen molar-refractivity contribution in [2.45, 2.75) is 39.7 Å². The number of amides is 1. The van der Waals surface area contributed by atoms with Crippen LogP contribution in [0.1, 0.15) is 42.6 Å². The highest BCUT2D eigenvalue weighted by Crippen LogP contribution is 2.21. The van der Waals surface area contributed by atoms with E-state index in [-0.39, 0.29) is 18.5 Å². The molecule has 0 atom stereocenters. The molecule has 1 aliphatic rings.